The molecule has 0 saturated heterocycles. The van der Waals surface area contributed by atoms with Crippen LogP contribution in [0.1, 0.15) is 26.3 Å². The van der Waals surface area contributed by atoms with Crippen LogP contribution >= 0.6 is 35.0 Å². The van der Waals surface area contributed by atoms with Crippen molar-refractivity contribution in [1.82, 2.24) is 15.0 Å². The van der Waals surface area contributed by atoms with Crippen molar-refractivity contribution in [2.24, 2.45) is 0 Å². The maximum atomic E-state index is 12.1. The molecule has 1 aromatic carbocycles. The summed E-state index contributed by atoms with van der Waals surface area (Å²) in [6.45, 7) is 5.82. The van der Waals surface area contributed by atoms with E-state index < -0.39 is 11.7 Å². The lowest BCUT2D eigenvalue weighted by molar-refractivity contribution is 0.0635. The van der Waals surface area contributed by atoms with Crippen LogP contribution in [0.3, 0.4) is 0 Å². The highest BCUT2D eigenvalue weighted by molar-refractivity contribution is 7.99. The minimum absolute atomic E-state index is 0.0490. The zero-order valence-corrected chi connectivity index (χ0v) is 20.8. The van der Waals surface area contributed by atoms with Gasteiger partial charge < -0.3 is 14.8 Å². The van der Waals surface area contributed by atoms with E-state index in [-0.39, 0.29) is 11.0 Å². The number of ether oxygens (including phenoxy) is 2. The van der Waals surface area contributed by atoms with Gasteiger partial charge >= 0.3 is 6.09 Å². The van der Waals surface area contributed by atoms with E-state index in [0.29, 0.717) is 27.3 Å². The standard InChI is InChI=1S/C22H23Cl2N5O3S/c1-22(2,3)32-21(30)29-20-18(24)26-12-16(28-20)33-15-9-10-25-19(17(15)23)27-11-13-5-7-14(31-4)8-6-13/h5-10,12H,11H2,1-4H3,(H,25,27)(H,28,29,30). The van der Waals surface area contributed by atoms with E-state index in [9.17, 15) is 4.79 Å². The second kappa shape index (κ2) is 10.9. The number of methoxy groups -OCH3 is 1. The number of benzene rings is 1. The number of hydrogen-bond donors (Lipinski definition) is 2. The second-order valence-electron chi connectivity index (χ2n) is 7.75. The summed E-state index contributed by atoms with van der Waals surface area (Å²) in [6, 6.07) is 9.46. The summed E-state index contributed by atoms with van der Waals surface area (Å²) in [5, 5.41) is 6.73. The van der Waals surface area contributed by atoms with E-state index in [1.165, 1.54) is 18.0 Å². The lowest BCUT2D eigenvalue weighted by Crippen LogP contribution is -2.27. The summed E-state index contributed by atoms with van der Waals surface area (Å²) in [6.07, 6.45) is 2.47. The molecule has 0 aliphatic rings. The Morgan fingerprint density at radius 3 is 2.48 bits per heavy atom. The summed E-state index contributed by atoms with van der Waals surface area (Å²) in [5.41, 5.74) is 0.393. The van der Waals surface area contributed by atoms with Crippen LogP contribution < -0.4 is 15.4 Å². The molecule has 2 N–H and O–H groups in total. The number of halogens is 2. The molecule has 0 saturated carbocycles. The van der Waals surface area contributed by atoms with Gasteiger partial charge in [-0.3, -0.25) is 5.32 Å². The second-order valence-corrected chi connectivity index (χ2v) is 9.55. The zero-order valence-electron chi connectivity index (χ0n) is 18.5. The molecule has 33 heavy (non-hydrogen) atoms. The average molecular weight is 508 g/mol. The summed E-state index contributed by atoms with van der Waals surface area (Å²) < 4.78 is 10.4. The molecular weight excluding hydrogens is 485 g/mol. The van der Waals surface area contributed by atoms with Crippen LogP contribution in [0.2, 0.25) is 10.2 Å². The molecule has 0 aliphatic carbocycles. The maximum absolute atomic E-state index is 12.1. The monoisotopic (exact) mass is 507 g/mol. The summed E-state index contributed by atoms with van der Waals surface area (Å²) >= 11 is 13.9. The van der Waals surface area contributed by atoms with Crippen molar-refractivity contribution in [1.29, 1.82) is 0 Å². The number of carbonyl (C=O) groups excluding carboxylic acids is 1. The van der Waals surface area contributed by atoms with Crippen molar-refractivity contribution >= 4 is 52.7 Å². The third-order valence-electron chi connectivity index (χ3n) is 4.01. The molecule has 174 valence electrons. The summed E-state index contributed by atoms with van der Waals surface area (Å²) in [5.74, 6) is 1.42. The van der Waals surface area contributed by atoms with E-state index in [4.69, 9.17) is 32.7 Å². The fourth-order valence-electron chi connectivity index (χ4n) is 2.56. The van der Waals surface area contributed by atoms with Gasteiger partial charge in [0, 0.05) is 17.6 Å². The number of pyridine rings is 1. The molecule has 0 atom stereocenters. The predicted molar refractivity (Wildman–Crippen MR) is 131 cm³/mol. The minimum atomic E-state index is -0.673. The number of nitrogens with one attached hydrogen (secondary N) is 2. The Kier molecular flexibility index (Phi) is 8.23. The Labute approximate surface area is 206 Å². The first-order valence-corrected chi connectivity index (χ1v) is 11.4. The van der Waals surface area contributed by atoms with Gasteiger partial charge in [0.1, 0.15) is 22.2 Å². The van der Waals surface area contributed by atoms with Crippen LogP contribution in [-0.2, 0) is 11.3 Å². The lowest BCUT2D eigenvalue weighted by Gasteiger charge is -2.19. The Morgan fingerprint density at radius 1 is 1.09 bits per heavy atom. The molecule has 11 heteroatoms. The number of amides is 1. The summed E-state index contributed by atoms with van der Waals surface area (Å²) in [4.78, 5) is 25.6. The molecule has 0 bridgehead atoms. The smallest absolute Gasteiger partial charge is 0.413 e. The van der Waals surface area contributed by atoms with Crippen LogP contribution in [-0.4, -0.2) is 33.8 Å². The highest BCUT2D eigenvalue weighted by Crippen LogP contribution is 2.36. The molecule has 8 nitrogen and oxygen atoms in total. The number of carbonyl (C=O) groups is 1. The molecule has 3 rings (SSSR count). The van der Waals surface area contributed by atoms with Crippen molar-refractivity contribution in [3.63, 3.8) is 0 Å². The Morgan fingerprint density at radius 2 is 1.82 bits per heavy atom. The van der Waals surface area contributed by atoms with Gasteiger partial charge in [0.15, 0.2) is 11.0 Å². The van der Waals surface area contributed by atoms with Crippen molar-refractivity contribution in [2.45, 2.75) is 42.8 Å². The largest absolute Gasteiger partial charge is 0.497 e. The quantitative estimate of drug-likeness (QED) is 0.384. The zero-order chi connectivity index (χ0) is 24.0. The Balaban J connectivity index is 1.71. The fraction of sp³-hybridized carbons (Fsp3) is 0.273. The number of rotatable bonds is 7. The summed E-state index contributed by atoms with van der Waals surface area (Å²) in [7, 11) is 1.63. The van der Waals surface area contributed by atoms with Gasteiger partial charge in [0.2, 0.25) is 0 Å². The van der Waals surface area contributed by atoms with Crippen LogP contribution in [0.25, 0.3) is 0 Å². The van der Waals surface area contributed by atoms with Gasteiger partial charge in [-0.15, -0.1) is 0 Å². The molecule has 0 unspecified atom stereocenters. The topological polar surface area (TPSA) is 98.3 Å². The van der Waals surface area contributed by atoms with Crippen molar-refractivity contribution in [2.75, 3.05) is 17.7 Å². The van der Waals surface area contributed by atoms with Gasteiger partial charge in [-0.1, -0.05) is 47.1 Å². The molecule has 2 heterocycles. The number of anilines is 2. The van der Waals surface area contributed by atoms with E-state index in [1.807, 2.05) is 24.3 Å². The van der Waals surface area contributed by atoms with Gasteiger partial charge in [-0.25, -0.2) is 19.7 Å². The molecule has 0 aliphatic heterocycles. The molecule has 1 amide bonds. The lowest BCUT2D eigenvalue weighted by atomic mass is 10.2. The van der Waals surface area contributed by atoms with E-state index >= 15 is 0 Å². The van der Waals surface area contributed by atoms with E-state index in [0.717, 1.165) is 11.3 Å². The Hall–Kier alpha value is -2.75. The molecular formula is C22H23Cl2N5O3S. The van der Waals surface area contributed by atoms with Crippen molar-refractivity contribution in [3.05, 3.63) is 58.5 Å². The minimum Gasteiger partial charge on any atom is -0.497 e. The van der Waals surface area contributed by atoms with Crippen LogP contribution in [0.15, 0.2) is 52.6 Å². The first-order chi connectivity index (χ1) is 15.6. The van der Waals surface area contributed by atoms with E-state index in [1.54, 1.807) is 40.1 Å². The first-order valence-electron chi connectivity index (χ1n) is 9.86. The van der Waals surface area contributed by atoms with Crippen LogP contribution in [0.5, 0.6) is 5.75 Å². The fourth-order valence-corrected chi connectivity index (χ4v) is 3.77. The normalized spacial score (nSPS) is 11.1. The van der Waals surface area contributed by atoms with Gasteiger partial charge in [0.25, 0.3) is 0 Å². The molecule has 0 spiro atoms. The average Bonchev–Trinajstić information content (AvgIpc) is 2.75. The van der Waals surface area contributed by atoms with Crippen molar-refractivity contribution in [3.8, 4) is 5.75 Å². The predicted octanol–water partition coefficient (Wildman–Crippen LogP) is 6.30. The maximum Gasteiger partial charge on any atom is 0.413 e. The third kappa shape index (κ3) is 7.38. The Bertz CT molecular complexity index is 1120. The first kappa shape index (κ1) is 24.9. The molecule has 0 radical (unpaired) electrons. The third-order valence-corrected chi connectivity index (χ3v) is 5.75. The number of hydrogen-bond acceptors (Lipinski definition) is 8. The van der Waals surface area contributed by atoms with Gasteiger partial charge in [-0.05, 0) is 44.5 Å². The van der Waals surface area contributed by atoms with Crippen LogP contribution in [0, 0.1) is 0 Å². The molecule has 3 aromatic rings. The molecule has 0 fully saturated rings. The highest BCUT2D eigenvalue weighted by Gasteiger charge is 2.19. The van der Waals surface area contributed by atoms with Crippen LogP contribution in [0.4, 0.5) is 16.4 Å². The number of nitrogens with zero attached hydrogens (tertiary/aromatic N) is 3. The highest BCUT2D eigenvalue weighted by atomic mass is 35.5. The van der Waals surface area contributed by atoms with Crippen molar-refractivity contribution < 1.29 is 14.3 Å². The van der Waals surface area contributed by atoms with Gasteiger partial charge in [-0.2, -0.15) is 0 Å². The SMILES string of the molecule is COc1ccc(CNc2nccc(Sc3cnc(Cl)c(NC(=O)OC(C)(C)C)n3)c2Cl)cc1. The number of aromatic nitrogens is 3. The van der Waals surface area contributed by atoms with E-state index in [2.05, 4.69) is 25.6 Å². The molecule has 2 aromatic heterocycles. The van der Waals surface area contributed by atoms with Gasteiger partial charge in [0.05, 0.1) is 18.3 Å².